The van der Waals surface area contributed by atoms with Crippen LogP contribution in [0.4, 0.5) is 30.8 Å². The van der Waals surface area contributed by atoms with E-state index in [1.807, 2.05) is 25.3 Å². The zero-order valence-electron chi connectivity index (χ0n) is 18.7. The van der Waals surface area contributed by atoms with Crippen LogP contribution in [0.2, 0.25) is 5.02 Å². The fraction of sp³-hybridized carbons (Fsp3) is 0.500. The van der Waals surface area contributed by atoms with Gasteiger partial charge in [-0.15, -0.1) is 0 Å². The lowest BCUT2D eigenvalue weighted by Gasteiger charge is -2.28. The van der Waals surface area contributed by atoms with E-state index in [1.54, 1.807) is 6.20 Å². The lowest BCUT2D eigenvalue weighted by Crippen LogP contribution is -2.29. The summed E-state index contributed by atoms with van der Waals surface area (Å²) in [5.74, 6) is 0.848. The van der Waals surface area contributed by atoms with Crippen LogP contribution < -0.4 is 16.4 Å². The molecule has 1 saturated carbocycles. The normalized spacial score (nSPS) is 19.6. The highest BCUT2D eigenvalue weighted by atomic mass is 35.5. The minimum atomic E-state index is -4.51. The van der Waals surface area contributed by atoms with Crippen LogP contribution >= 0.6 is 11.6 Å². The Hall–Kier alpha value is -2.59. The molecule has 7 nitrogen and oxygen atoms in total. The highest BCUT2D eigenvalue weighted by Crippen LogP contribution is 2.37. The Labute approximate surface area is 194 Å². The standard InChI is InChI=1S/C22H27ClF3N7/c1-21(2,3)32-19-28-11-17-18(31-19)33(16-6-4-14(27)5-7-16)20(30-17)29-15-9-12(22(24,25)26)8-13(23)10-15/h8-11,14,16H,4-7,27H2,1-3H3,(H,29,30)(H,28,31,32)/t14-,16-. The predicted octanol–water partition coefficient (Wildman–Crippen LogP) is 5.89. The maximum absolute atomic E-state index is 13.3. The summed E-state index contributed by atoms with van der Waals surface area (Å²) in [7, 11) is 0. The van der Waals surface area contributed by atoms with E-state index in [9.17, 15) is 13.2 Å². The van der Waals surface area contributed by atoms with Gasteiger partial charge in [-0.1, -0.05) is 11.6 Å². The molecule has 0 atom stereocenters. The molecule has 1 aliphatic rings. The van der Waals surface area contributed by atoms with Crippen molar-refractivity contribution in [2.75, 3.05) is 10.6 Å². The number of anilines is 3. The fourth-order valence-corrected chi connectivity index (χ4v) is 4.27. The first-order valence-corrected chi connectivity index (χ1v) is 11.2. The highest BCUT2D eigenvalue weighted by molar-refractivity contribution is 6.31. The Kier molecular flexibility index (Phi) is 6.17. The average Bonchev–Trinajstić information content (AvgIpc) is 3.03. The van der Waals surface area contributed by atoms with Crippen molar-refractivity contribution >= 4 is 40.3 Å². The van der Waals surface area contributed by atoms with Gasteiger partial charge in [0, 0.05) is 28.3 Å². The first-order valence-electron chi connectivity index (χ1n) is 10.8. The second kappa shape index (κ2) is 8.64. The van der Waals surface area contributed by atoms with Gasteiger partial charge in [0.15, 0.2) is 5.65 Å². The second-order valence-electron chi connectivity index (χ2n) is 9.50. The van der Waals surface area contributed by atoms with Crippen LogP contribution in [-0.2, 0) is 6.18 Å². The third kappa shape index (κ3) is 5.50. The number of aromatic nitrogens is 4. The van der Waals surface area contributed by atoms with Crippen LogP contribution in [0.3, 0.4) is 0 Å². The molecule has 0 saturated heterocycles. The van der Waals surface area contributed by atoms with Crippen LogP contribution in [0.25, 0.3) is 11.2 Å². The van der Waals surface area contributed by atoms with Crippen molar-refractivity contribution in [3.63, 3.8) is 0 Å². The maximum Gasteiger partial charge on any atom is 0.416 e. The lowest BCUT2D eigenvalue weighted by atomic mass is 9.91. The molecule has 1 aromatic carbocycles. The molecule has 3 aromatic rings. The number of fused-ring (bicyclic) bond motifs is 1. The van der Waals surface area contributed by atoms with Gasteiger partial charge in [0.1, 0.15) is 5.52 Å². The number of imidazole rings is 1. The maximum atomic E-state index is 13.3. The largest absolute Gasteiger partial charge is 0.416 e. The van der Waals surface area contributed by atoms with Crippen molar-refractivity contribution in [1.29, 1.82) is 0 Å². The Morgan fingerprint density at radius 1 is 1.06 bits per heavy atom. The van der Waals surface area contributed by atoms with Crippen LogP contribution in [0.5, 0.6) is 0 Å². The minimum absolute atomic E-state index is 0.0184. The van der Waals surface area contributed by atoms with Gasteiger partial charge in [-0.3, -0.25) is 4.57 Å². The van der Waals surface area contributed by atoms with Crippen LogP contribution in [0, 0.1) is 0 Å². The molecule has 2 heterocycles. The molecule has 1 aliphatic carbocycles. The number of nitrogens with zero attached hydrogens (tertiary/aromatic N) is 4. The fourth-order valence-electron chi connectivity index (χ4n) is 4.03. The Morgan fingerprint density at radius 3 is 2.39 bits per heavy atom. The molecule has 11 heteroatoms. The second-order valence-corrected chi connectivity index (χ2v) is 9.94. The van der Waals surface area contributed by atoms with Gasteiger partial charge in [0.2, 0.25) is 11.9 Å². The molecule has 0 bridgehead atoms. The summed E-state index contributed by atoms with van der Waals surface area (Å²) >= 11 is 5.98. The molecule has 0 spiro atoms. The number of hydrogen-bond donors (Lipinski definition) is 3. The van der Waals surface area contributed by atoms with E-state index in [0.717, 1.165) is 37.8 Å². The van der Waals surface area contributed by atoms with E-state index in [2.05, 4.69) is 20.6 Å². The molecule has 2 aromatic heterocycles. The Balaban J connectivity index is 1.79. The molecule has 0 radical (unpaired) electrons. The quantitative estimate of drug-likeness (QED) is 0.430. The lowest BCUT2D eigenvalue weighted by molar-refractivity contribution is -0.137. The van der Waals surface area contributed by atoms with E-state index in [1.165, 1.54) is 6.07 Å². The minimum Gasteiger partial charge on any atom is -0.350 e. The van der Waals surface area contributed by atoms with Crippen molar-refractivity contribution in [3.05, 3.63) is 35.0 Å². The molecule has 178 valence electrons. The number of nitrogens with two attached hydrogens (primary N) is 1. The summed E-state index contributed by atoms with van der Waals surface area (Å²) in [5, 5.41) is 6.28. The zero-order chi connectivity index (χ0) is 24.0. The Morgan fingerprint density at radius 2 is 1.76 bits per heavy atom. The van der Waals surface area contributed by atoms with E-state index in [0.29, 0.717) is 23.1 Å². The van der Waals surface area contributed by atoms with E-state index >= 15 is 0 Å². The van der Waals surface area contributed by atoms with Gasteiger partial charge in [-0.2, -0.15) is 18.2 Å². The molecule has 1 fully saturated rings. The number of halogens is 4. The topological polar surface area (TPSA) is 93.7 Å². The van der Waals surface area contributed by atoms with Crippen molar-refractivity contribution in [1.82, 2.24) is 19.5 Å². The Bertz CT molecular complexity index is 1150. The number of benzene rings is 1. The molecule has 0 unspecified atom stereocenters. The summed E-state index contributed by atoms with van der Waals surface area (Å²) in [6, 6.07) is 3.55. The zero-order valence-corrected chi connectivity index (χ0v) is 19.4. The van der Waals surface area contributed by atoms with E-state index in [4.69, 9.17) is 22.3 Å². The van der Waals surface area contributed by atoms with Gasteiger partial charge >= 0.3 is 6.18 Å². The third-order valence-corrected chi connectivity index (χ3v) is 5.73. The smallest absolute Gasteiger partial charge is 0.350 e. The van der Waals surface area contributed by atoms with Crippen molar-refractivity contribution in [3.8, 4) is 0 Å². The monoisotopic (exact) mass is 481 g/mol. The van der Waals surface area contributed by atoms with Crippen molar-refractivity contribution < 1.29 is 13.2 Å². The molecular formula is C22H27ClF3N7. The summed E-state index contributed by atoms with van der Waals surface area (Å²) < 4.78 is 41.8. The van der Waals surface area contributed by atoms with Crippen LogP contribution in [0.15, 0.2) is 24.4 Å². The van der Waals surface area contributed by atoms with Gasteiger partial charge < -0.3 is 16.4 Å². The van der Waals surface area contributed by atoms with Crippen molar-refractivity contribution in [2.24, 2.45) is 5.73 Å². The SMILES string of the molecule is CC(C)(C)Nc1ncc2nc(Nc3cc(Cl)cc(C(F)(F)F)c3)n([C@H]3CC[C@H](N)CC3)c2n1. The van der Waals surface area contributed by atoms with Gasteiger partial charge in [0.05, 0.1) is 11.8 Å². The molecule has 33 heavy (non-hydrogen) atoms. The van der Waals surface area contributed by atoms with E-state index in [-0.39, 0.29) is 28.3 Å². The van der Waals surface area contributed by atoms with Gasteiger partial charge in [-0.25, -0.2) is 9.97 Å². The third-order valence-electron chi connectivity index (χ3n) is 5.51. The average molecular weight is 482 g/mol. The van der Waals surface area contributed by atoms with Crippen LogP contribution in [0.1, 0.15) is 58.1 Å². The molecule has 4 N–H and O–H groups in total. The molecule has 0 aliphatic heterocycles. The predicted molar refractivity (Wildman–Crippen MR) is 124 cm³/mol. The summed E-state index contributed by atoms with van der Waals surface area (Å²) in [6.45, 7) is 6.01. The summed E-state index contributed by atoms with van der Waals surface area (Å²) in [4.78, 5) is 13.7. The first kappa shape index (κ1) is 23.6. The van der Waals surface area contributed by atoms with E-state index < -0.39 is 11.7 Å². The number of nitrogens with one attached hydrogen (secondary N) is 2. The summed E-state index contributed by atoms with van der Waals surface area (Å²) in [5.41, 5.74) is 6.37. The van der Waals surface area contributed by atoms with Gasteiger partial charge in [0.25, 0.3) is 0 Å². The van der Waals surface area contributed by atoms with Gasteiger partial charge in [-0.05, 0) is 64.7 Å². The number of hydrogen-bond acceptors (Lipinski definition) is 6. The number of alkyl halides is 3. The molecule has 4 rings (SSSR count). The first-order chi connectivity index (χ1) is 15.4. The van der Waals surface area contributed by atoms with Crippen molar-refractivity contribution in [2.45, 2.75) is 70.3 Å². The highest BCUT2D eigenvalue weighted by Gasteiger charge is 2.32. The number of rotatable bonds is 4. The molecular weight excluding hydrogens is 455 g/mol. The van der Waals surface area contributed by atoms with Crippen LogP contribution in [-0.4, -0.2) is 31.1 Å². The molecule has 0 amide bonds. The summed E-state index contributed by atoms with van der Waals surface area (Å²) in [6.07, 6.45) is 0.424.